The van der Waals surface area contributed by atoms with Gasteiger partial charge >= 0.3 is 0 Å². The molecule has 5 heteroatoms. The van der Waals surface area contributed by atoms with E-state index in [1.165, 1.54) is 0 Å². The van der Waals surface area contributed by atoms with Gasteiger partial charge in [-0.3, -0.25) is 4.79 Å². The molecular formula is C8H8O5. The van der Waals surface area contributed by atoms with Crippen molar-refractivity contribution in [2.75, 3.05) is 6.61 Å². The monoisotopic (exact) mass is 184 g/mol. The van der Waals surface area contributed by atoms with E-state index in [2.05, 4.69) is 0 Å². The zero-order valence-electron chi connectivity index (χ0n) is 6.56. The molecule has 0 spiro atoms. The van der Waals surface area contributed by atoms with Gasteiger partial charge in [0.25, 0.3) is 0 Å². The standard InChI is InChI=1S/C8H8O5/c9-3-7(12)4-1-5(10)8(13)6(11)2-4/h1-2,9-11,13H,3H2. The summed E-state index contributed by atoms with van der Waals surface area (Å²) in [6.07, 6.45) is 0. The number of hydrogen-bond acceptors (Lipinski definition) is 5. The highest BCUT2D eigenvalue weighted by Crippen LogP contribution is 2.35. The molecule has 0 heterocycles. The number of hydrogen-bond donors (Lipinski definition) is 4. The molecule has 13 heavy (non-hydrogen) atoms. The zero-order chi connectivity index (χ0) is 10.0. The van der Waals surface area contributed by atoms with E-state index in [0.29, 0.717) is 0 Å². The van der Waals surface area contributed by atoms with E-state index < -0.39 is 29.6 Å². The Morgan fingerprint density at radius 2 is 1.62 bits per heavy atom. The van der Waals surface area contributed by atoms with Crippen LogP contribution in [0.2, 0.25) is 0 Å². The van der Waals surface area contributed by atoms with Gasteiger partial charge in [-0.15, -0.1) is 0 Å². The molecule has 0 saturated heterocycles. The quantitative estimate of drug-likeness (QED) is 0.382. The minimum atomic E-state index is -0.719. The lowest BCUT2D eigenvalue weighted by atomic mass is 10.1. The Kier molecular flexibility index (Phi) is 2.39. The molecule has 4 N–H and O–H groups in total. The number of aliphatic hydroxyl groups is 1. The highest BCUT2D eigenvalue weighted by molar-refractivity contribution is 5.98. The summed E-state index contributed by atoms with van der Waals surface area (Å²) in [4.78, 5) is 10.9. The Morgan fingerprint density at radius 1 is 1.15 bits per heavy atom. The molecule has 0 aromatic heterocycles. The summed E-state index contributed by atoms with van der Waals surface area (Å²) in [5.74, 6) is -2.53. The fourth-order valence-corrected chi connectivity index (χ4v) is 0.856. The fraction of sp³-hybridized carbons (Fsp3) is 0.125. The Bertz CT molecular complexity index is 321. The molecule has 0 saturated carbocycles. The van der Waals surface area contributed by atoms with Crippen LogP contribution in [0.5, 0.6) is 17.2 Å². The fourth-order valence-electron chi connectivity index (χ4n) is 0.856. The average Bonchev–Trinajstić information content (AvgIpc) is 2.12. The molecular weight excluding hydrogens is 176 g/mol. The van der Waals surface area contributed by atoms with E-state index in [9.17, 15) is 4.79 Å². The van der Waals surface area contributed by atoms with Gasteiger partial charge in [0.15, 0.2) is 23.0 Å². The minimum Gasteiger partial charge on any atom is -0.504 e. The maximum Gasteiger partial charge on any atom is 0.200 e. The predicted octanol–water partition coefficient (Wildman–Crippen LogP) is -0.0216. The molecule has 0 bridgehead atoms. The van der Waals surface area contributed by atoms with Crippen molar-refractivity contribution in [1.29, 1.82) is 0 Å². The summed E-state index contributed by atoms with van der Waals surface area (Å²) >= 11 is 0. The third kappa shape index (κ3) is 1.70. The van der Waals surface area contributed by atoms with Gasteiger partial charge in [0, 0.05) is 5.56 Å². The van der Waals surface area contributed by atoms with Gasteiger partial charge in [-0.2, -0.15) is 0 Å². The molecule has 0 amide bonds. The first-order chi connectivity index (χ1) is 6.06. The molecule has 5 nitrogen and oxygen atoms in total. The van der Waals surface area contributed by atoms with Crippen LogP contribution in [0.3, 0.4) is 0 Å². The first-order valence-electron chi connectivity index (χ1n) is 3.45. The number of phenols is 3. The maximum atomic E-state index is 10.9. The lowest BCUT2D eigenvalue weighted by molar-refractivity contribution is 0.0903. The topological polar surface area (TPSA) is 98.0 Å². The second-order valence-corrected chi connectivity index (χ2v) is 2.44. The second kappa shape index (κ2) is 3.32. The van der Waals surface area contributed by atoms with Crippen LogP contribution >= 0.6 is 0 Å². The highest BCUT2D eigenvalue weighted by atomic mass is 16.3. The van der Waals surface area contributed by atoms with E-state index >= 15 is 0 Å². The van der Waals surface area contributed by atoms with E-state index in [0.717, 1.165) is 12.1 Å². The normalized spacial score (nSPS) is 9.92. The summed E-state index contributed by atoms with van der Waals surface area (Å²) in [7, 11) is 0. The lowest BCUT2D eigenvalue weighted by Gasteiger charge is -2.03. The van der Waals surface area contributed by atoms with Crippen molar-refractivity contribution in [3.63, 3.8) is 0 Å². The van der Waals surface area contributed by atoms with Crippen LogP contribution in [0.15, 0.2) is 12.1 Å². The van der Waals surface area contributed by atoms with Crippen LogP contribution in [0.4, 0.5) is 0 Å². The van der Waals surface area contributed by atoms with Gasteiger partial charge in [0.05, 0.1) is 0 Å². The second-order valence-electron chi connectivity index (χ2n) is 2.44. The van der Waals surface area contributed by atoms with E-state index in [1.54, 1.807) is 0 Å². The molecule has 1 aromatic carbocycles. The van der Waals surface area contributed by atoms with Crippen molar-refractivity contribution >= 4 is 5.78 Å². The number of aliphatic hydroxyl groups excluding tert-OH is 1. The summed E-state index contributed by atoms with van der Waals surface area (Å²) in [6.45, 7) is -0.719. The summed E-state index contributed by atoms with van der Waals surface area (Å²) in [5, 5.41) is 35.3. The zero-order valence-corrected chi connectivity index (χ0v) is 6.56. The molecule has 0 radical (unpaired) electrons. The largest absolute Gasteiger partial charge is 0.504 e. The van der Waals surface area contributed by atoms with E-state index in [1.807, 2.05) is 0 Å². The van der Waals surface area contributed by atoms with Gasteiger partial charge in [-0.05, 0) is 12.1 Å². The molecule has 0 unspecified atom stereocenters. The SMILES string of the molecule is O=C(CO)c1cc(O)c(O)c(O)c1. The number of ketones is 1. The van der Waals surface area contributed by atoms with E-state index in [4.69, 9.17) is 20.4 Å². The molecule has 0 aliphatic rings. The van der Waals surface area contributed by atoms with Crippen molar-refractivity contribution in [3.05, 3.63) is 17.7 Å². The Hall–Kier alpha value is -1.75. The van der Waals surface area contributed by atoms with Crippen LogP contribution in [0.1, 0.15) is 10.4 Å². The third-order valence-electron chi connectivity index (χ3n) is 1.54. The third-order valence-corrected chi connectivity index (χ3v) is 1.54. The molecule has 0 fully saturated rings. The van der Waals surface area contributed by atoms with Gasteiger partial charge in [0.1, 0.15) is 6.61 Å². The molecule has 1 aromatic rings. The number of carbonyl (C=O) groups excluding carboxylic acids is 1. The van der Waals surface area contributed by atoms with Gasteiger partial charge in [-0.25, -0.2) is 0 Å². The number of benzene rings is 1. The number of rotatable bonds is 2. The highest BCUT2D eigenvalue weighted by Gasteiger charge is 2.12. The van der Waals surface area contributed by atoms with Crippen LogP contribution in [-0.4, -0.2) is 32.8 Å². The van der Waals surface area contributed by atoms with Crippen LogP contribution < -0.4 is 0 Å². The van der Waals surface area contributed by atoms with Crippen molar-refractivity contribution < 1.29 is 25.2 Å². The number of aromatic hydroxyl groups is 3. The molecule has 0 aliphatic carbocycles. The smallest absolute Gasteiger partial charge is 0.200 e. The Balaban J connectivity index is 3.20. The summed E-state index contributed by atoms with van der Waals surface area (Å²) in [6, 6.07) is 1.93. The summed E-state index contributed by atoms with van der Waals surface area (Å²) in [5.41, 5.74) is -0.0599. The van der Waals surface area contributed by atoms with Crippen LogP contribution in [-0.2, 0) is 0 Å². The lowest BCUT2D eigenvalue weighted by Crippen LogP contribution is -2.03. The Labute approximate surface area is 73.5 Å². The van der Waals surface area contributed by atoms with Crippen molar-refractivity contribution in [2.24, 2.45) is 0 Å². The predicted molar refractivity (Wildman–Crippen MR) is 42.9 cm³/mol. The van der Waals surface area contributed by atoms with Crippen molar-refractivity contribution in [1.82, 2.24) is 0 Å². The summed E-state index contributed by atoms with van der Waals surface area (Å²) < 4.78 is 0. The molecule has 70 valence electrons. The van der Waals surface area contributed by atoms with Crippen LogP contribution in [0, 0.1) is 0 Å². The van der Waals surface area contributed by atoms with E-state index in [-0.39, 0.29) is 5.56 Å². The first kappa shape index (κ1) is 9.34. The Morgan fingerprint density at radius 3 is 2.00 bits per heavy atom. The first-order valence-corrected chi connectivity index (χ1v) is 3.45. The van der Waals surface area contributed by atoms with Crippen LogP contribution in [0.25, 0.3) is 0 Å². The maximum absolute atomic E-state index is 10.9. The van der Waals surface area contributed by atoms with Gasteiger partial charge < -0.3 is 20.4 Å². The molecule has 0 aliphatic heterocycles. The molecule has 1 rings (SSSR count). The number of phenolic OH excluding ortho intramolecular Hbond substituents is 3. The number of carbonyl (C=O) groups is 1. The van der Waals surface area contributed by atoms with Gasteiger partial charge in [0.2, 0.25) is 0 Å². The minimum absolute atomic E-state index is 0.0599. The average molecular weight is 184 g/mol. The number of Topliss-reactive ketones (excluding diaryl/α,β-unsaturated/α-hetero) is 1. The van der Waals surface area contributed by atoms with Crippen molar-refractivity contribution in [3.8, 4) is 17.2 Å². The molecule has 0 atom stereocenters. The van der Waals surface area contributed by atoms with Crippen molar-refractivity contribution in [2.45, 2.75) is 0 Å². The van der Waals surface area contributed by atoms with Gasteiger partial charge in [-0.1, -0.05) is 0 Å².